The molecule has 7 nitrogen and oxygen atoms in total. The van der Waals surface area contributed by atoms with Crippen molar-refractivity contribution >= 4 is 32.9 Å². The predicted octanol–water partition coefficient (Wildman–Crippen LogP) is 3.53. The Morgan fingerprint density at radius 1 is 1.28 bits per heavy atom. The van der Waals surface area contributed by atoms with Crippen molar-refractivity contribution in [2.75, 3.05) is 18.1 Å². The second kappa shape index (κ2) is 8.45. The highest BCUT2D eigenvalue weighted by Crippen LogP contribution is 2.31. The molecule has 0 saturated carbocycles. The van der Waals surface area contributed by atoms with E-state index in [2.05, 4.69) is 15.6 Å². The number of rotatable bonds is 7. The number of ether oxygens (including phenoxy) is 1. The Kier molecular flexibility index (Phi) is 5.93. The quantitative estimate of drug-likeness (QED) is 0.509. The molecule has 1 aliphatic heterocycles. The first-order valence-corrected chi connectivity index (χ1v) is 13.0. The molecule has 3 heterocycles. The Bertz CT molecular complexity index is 1090. The fourth-order valence-corrected chi connectivity index (χ4v) is 6.79. The van der Waals surface area contributed by atoms with E-state index < -0.39 is 9.84 Å². The zero-order chi connectivity index (χ0) is 20.4. The molecular formula is C19H22N4O3S3. The highest BCUT2D eigenvalue weighted by Gasteiger charge is 2.32. The summed E-state index contributed by atoms with van der Waals surface area (Å²) in [6.45, 7) is 2.62. The van der Waals surface area contributed by atoms with Crippen LogP contribution < -0.4 is 4.74 Å². The van der Waals surface area contributed by atoms with Gasteiger partial charge in [0.25, 0.3) is 0 Å². The van der Waals surface area contributed by atoms with E-state index in [-0.39, 0.29) is 17.4 Å². The topological polar surface area (TPSA) is 87.0 Å². The molecule has 0 radical (unpaired) electrons. The summed E-state index contributed by atoms with van der Waals surface area (Å²) in [7, 11) is -1.04. The van der Waals surface area contributed by atoms with E-state index in [1.807, 2.05) is 42.8 Å². The summed E-state index contributed by atoms with van der Waals surface area (Å²) in [5, 5.41) is 12.3. The molecular weight excluding hydrogens is 428 g/mol. The van der Waals surface area contributed by atoms with E-state index in [1.54, 1.807) is 23.1 Å². The van der Waals surface area contributed by atoms with Crippen LogP contribution in [0.2, 0.25) is 0 Å². The lowest BCUT2D eigenvalue weighted by atomic mass is 10.1. The van der Waals surface area contributed by atoms with Crippen LogP contribution in [0.4, 0.5) is 0 Å². The van der Waals surface area contributed by atoms with Crippen LogP contribution in [-0.4, -0.2) is 46.3 Å². The molecule has 1 aromatic carbocycles. The van der Waals surface area contributed by atoms with Gasteiger partial charge in [-0.2, -0.15) is 0 Å². The van der Waals surface area contributed by atoms with E-state index in [1.165, 1.54) is 0 Å². The van der Waals surface area contributed by atoms with E-state index in [9.17, 15) is 8.42 Å². The van der Waals surface area contributed by atoms with E-state index >= 15 is 0 Å². The molecule has 3 aromatic rings. The Labute approximate surface area is 178 Å². The van der Waals surface area contributed by atoms with Crippen molar-refractivity contribution < 1.29 is 13.2 Å². The summed E-state index contributed by atoms with van der Waals surface area (Å²) in [5.41, 5.74) is 2.05. The van der Waals surface area contributed by atoms with Crippen molar-refractivity contribution in [1.82, 2.24) is 19.7 Å². The van der Waals surface area contributed by atoms with Crippen LogP contribution in [0.15, 0.2) is 34.8 Å². The number of thioether (sulfide) groups is 1. The second-order valence-corrected chi connectivity index (χ2v) is 10.9. The summed E-state index contributed by atoms with van der Waals surface area (Å²) >= 11 is 3.17. The SMILES string of the molecule is CCOc1ccc(-c2nc(CSc3nnc([C@@H]4CCS(=O)(=O)C4)n3C)cs2)cc1. The maximum Gasteiger partial charge on any atom is 0.191 e. The van der Waals surface area contributed by atoms with Crippen molar-refractivity contribution in [2.24, 2.45) is 7.05 Å². The third-order valence-electron chi connectivity index (χ3n) is 4.78. The van der Waals surface area contributed by atoms with Gasteiger partial charge in [0.2, 0.25) is 0 Å². The number of hydrogen-bond donors (Lipinski definition) is 0. The predicted molar refractivity (Wildman–Crippen MR) is 115 cm³/mol. The largest absolute Gasteiger partial charge is 0.494 e. The number of thiazole rings is 1. The van der Waals surface area contributed by atoms with Gasteiger partial charge in [-0.25, -0.2) is 13.4 Å². The molecule has 0 amide bonds. The van der Waals surface area contributed by atoms with Gasteiger partial charge >= 0.3 is 0 Å². The Hall–Kier alpha value is -1.91. The minimum Gasteiger partial charge on any atom is -0.494 e. The average Bonchev–Trinajstić information content (AvgIpc) is 3.40. The molecule has 4 rings (SSSR count). The second-order valence-electron chi connectivity index (χ2n) is 6.89. The Balaban J connectivity index is 1.40. The summed E-state index contributed by atoms with van der Waals surface area (Å²) < 4.78 is 30.9. The fourth-order valence-electron chi connectivity index (χ4n) is 3.31. The smallest absolute Gasteiger partial charge is 0.191 e. The molecule has 0 bridgehead atoms. The molecule has 0 spiro atoms. The number of hydrogen-bond acceptors (Lipinski definition) is 8. The van der Waals surface area contributed by atoms with Gasteiger partial charge in [0.15, 0.2) is 15.0 Å². The number of aromatic nitrogens is 4. The third kappa shape index (κ3) is 4.65. The number of benzene rings is 1. The average molecular weight is 451 g/mol. The summed E-state index contributed by atoms with van der Waals surface area (Å²) in [5.74, 6) is 2.64. The van der Waals surface area contributed by atoms with Crippen molar-refractivity contribution in [3.8, 4) is 16.3 Å². The van der Waals surface area contributed by atoms with Gasteiger partial charge in [0.1, 0.15) is 16.6 Å². The third-order valence-corrected chi connectivity index (χ3v) is 8.54. The van der Waals surface area contributed by atoms with E-state index in [0.29, 0.717) is 18.8 Å². The zero-order valence-electron chi connectivity index (χ0n) is 16.2. The molecule has 1 aliphatic rings. The molecule has 29 heavy (non-hydrogen) atoms. The minimum atomic E-state index is -2.94. The standard InChI is InChI=1S/C19H22N4O3S3/c1-3-26-16-6-4-13(5-7-16)18-20-15(10-27-18)11-28-19-22-21-17(23(19)2)14-8-9-29(24,25)12-14/h4-7,10,14H,3,8-9,11-12H2,1-2H3/t14-/m1/s1. The summed E-state index contributed by atoms with van der Waals surface area (Å²) in [4.78, 5) is 4.72. The van der Waals surface area contributed by atoms with E-state index in [0.717, 1.165) is 33.0 Å². The van der Waals surface area contributed by atoms with Crippen LogP contribution in [0.3, 0.4) is 0 Å². The molecule has 1 saturated heterocycles. The molecule has 0 aliphatic carbocycles. The van der Waals surface area contributed by atoms with Crippen LogP contribution in [0, 0.1) is 0 Å². The highest BCUT2D eigenvalue weighted by molar-refractivity contribution is 7.98. The van der Waals surface area contributed by atoms with Crippen molar-refractivity contribution in [1.29, 1.82) is 0 Å². The van der Waals surface area contributed by atoms with Gasteiger partial charge < -0.3 is 9.30 Å². The van der Waals surface area contributed by atoms with Crippen LogP contribution >= 0.6 is 23.1 Å². The van der Waals surface area contributed by atoms with Gasteiger partial charge in [-0.1, -0.05) is 11.8 Å². The van der Waals surface area contributed by atoms with Gasteiger partial charge in [0, 0.05) is 29.7 Å². The maximum atomic E-state index is 11.7. The highest BCUT2D eigenvalue weighted by atomic mass is 32.2. The monoisotopic (exact) mass is 450 g/mol. The minimum absolute atomic E-state index is 0.0580. The first-order valence-electron chi connectivity index (χ1n) is 9.35. The molecule has 0 N–H and O–H groups in total. The van der Waals surface area contributed by atoms with Crippen molar-refractivity contribution in [3.05, 3.63) is 41.2 Å². The zero-order valence-corrected chi connectivity index (χ0v) is 18.7. The van der Waals surface area contributed by atoms with Gasteiger partial charge in [-0.15, -0.1) is 21.5 Å². The summed E-state index contributed by atoms with van der Waals surface area (Å²) in [6, 6.07) is 7.95. The lowest BCUT2D eigenvalue weighted by Crippen LogP contribution is -2.09. The molecule has 0 unspecified atom stereocenters. The van der Waals surface area contributed by atoms with Crippen molar-refractivity contribution in [2.45, 2.75) is 30.2 Å². The van der Waals surface area contributed by atoms with Crippen LogP contribution in [0.25, 0.3) is 10.6 Å². The molecule has 154 valence electrons. The molecule has 1 fully saturated rings. The maximum absolute atomic E-state index is 11.7. The van der Waals surface area contributed by atoms with Crippen molar-refractivity contribution in [3.63, 3.8) is 0 Å². The Morgan fingerprint density at radius 2 is 2.07 bits per heavy atom. The first kappa shape index (κ1) is 20.4. The lowest BCUT2D eigenvalue weighted by molar-refractivity contribution is 0.340. The molecule has 10 heteroatoms. The molecule has 1 atom stereocenters. The first-order chi connectivity index (χ1) is 13.9. The number of sulfone groups is 1. The van der Waals surface area contributed by atoms with Crippen LogP contribution in [-0.2, 0) is 22.6 Å². The number of nitrogens with zero attached hydrogens (tertiary/aromatic N) is 4. The Morgan fingerprint density at radius 3 is 2.76 bits per heavy atom. The van der Waals surface area contributed by atoms with Gasteiger partial charge in [0.05, 0.1) is 23.8 Å². The fraction of sp³-hybridized carbons (Fsp3) is 0.421. The van der Waals surface area contributed by atoms with Gasteiger partial charge in [-0.3, -0.25) is 0 Å². The van der Waals surface area contributed by atoms with Gasteiger partial charge in [-0.05, 0) is 37.6 Å². The van der Waals surface area contributed by atoms with Crippen LogP contribution in [0.5, 0.6) is 5.75 Å². The van der Waals surface area contributed by atoms with E-state index in [4.69, 9.17) is 9.72 Å². The summed E-state index contributed by atoms with van der Waals surface area (Å²) in [6.07, 6.45) is 0.622. The normalized spacial score (nSPS) is 18.2. The van der Waals surface area contributed by atoms with Crippen LogP contribution in [0.1, 0.15) is 30.8 Å². The molecule has 2 aromatic heterocycles. The lowest BCUT2D eigenvalue weighted by Gasteiger charge is -2.07.